The molecule has 6 nitrogen and oxygen atoms in total. The maximum atomic E-state index is 13.4. The number of benzene rings is 2. The van der Waals surface area contributed by atoms with E-state index in [1.54, 1.807) is 35.3 Å². The lowest BCUT2D eigenvalue weighted by Gasteiger charge is -2.17. The van der Waals surface area contributed by atoms with Gasteiger partial charge in [0.15, 0.2) is 0 Å². The van der Waals surface area contributed by atoms with Crippen LogP contribution in [0.5, 0.6) is 5.75 Å². The first-order valence-corrected chi connectivity index (χ1v) is 14.8. The van der Waals surface area contributed by atoms with Crippen LogP contribution in [0.4, 0.5) is 13.2 Å². The van der Waals surface area contributed by atoms with Gasteiger partial charge in [0.25, 0.3) is 5.91 Å². The Labute approximate surface area is 242 Å². The number of ether oxygens (including phenoxy) is 1. The molecule has 0 aliphatic heterocycles. The number of nitrogens with one attached hydrogen (secondary N) is 1. The van der Waals surface area contributed by atoms with E-state index in [-0.39, 0.29) is 12.5 Å². The summed E-state index contributed by atoms with van der Waals surface area (Å²) in [5.41, 5.74) is 0.263. The number of carbonyl (C=O) groups is 1. The summed E-state index contributed by atoms with van der Waals surface area (Å²) in [4.78, 5) is 13.0. The second-order valence-corrected chi connectivity index (χ2v) is 10.7. The number of hydrogen-bond acceptors (Lipinski definition) is 4. The third kappa shape index (κ3) is 10.3. The largest absolute Gasteiger partial charge is 0.490 e. The van der Waals surface area contributed by atoms with E-state index < -0.39 is 11.7 Å². The molecule has 3 rings (SSSR count). The number of rotatable bonds is 17. The molecule has 0 bridgehead atoms. The van der Waals surface area contributed by atoms with Gasteiger partial charge in [-0.1, -0.05) is 82.1 Å². The van der Waals surface area contributed by atoms with Gasteiger partial charge in [0.1, 0.15) is 12.4 Å². The van der Waals surface area contributed by atoms with E-state index in [4.69, 9.17) is 4.74 Å². The Kier molecular flexibility index (Phi) is 13.0. The first-order valence-electron chi connectivity index (χ1n) is 14.1. The van der Waals surface area contributed by atoms with Crippen molar-refractivity contribution in [1.82, 2.24) is 20.3 Å². The lowest BCUT2D eigenvalue weighted by molar-refractivity contribution is -0.137. The third-order valence-corrected chi connectivity index (χ3v) is 7.25. The molecule has 218 valence electrons. The summed E-state index contributed by atoms with van der Waals surface area (Å²) in [5, 5.41) is 10.6. The zero-order chi connectivity index (χ0) is 28.8. The average molecular weight is 624 g/mol. The fraction of sp³-hybridized carbons (Fsp3) is 0.500. The van der Waals surface area contributed by atoms with Gasteiger partial charge in [0.2, 0.25) is 0 Å². The summed E-state index contributed by atoms with van der Waals surface area (Å²) < 4.78 is 48.4. The van der Waals surface area contributed by atoms with Crippen LogP contribution in [0.25, 0.3) is 11.1 Å². The Bertz CT molecular complexity index is 1190. The second-order valence-electron chi connectivity index (χ2n) is 9.87. The van der Waals surface area contributed by atoms with Crippen molar-refractivity contribution in [3.8, 4) is 16.9 Å². The van der Waals surface area contributed by atoms with E-state index in [2.05, 4.69) is 38.5 Å². The van der Waals surface area contributed by atoms with Gasteiger partial charge in [-0.25, -0.2) is 4.68 Å². The van der Waals surface area contributed by atoms with E-state index in [9.17, 15) is 18.0 Å². The minimum absolute atomic E-state index is 0.207. The first kappa shape index (κ1) is 31.6. The molecule has 3 aromatic rings. The standard InChI is InChI=1S/C30H38BrF3N4O2/c1-2-3-4-5-6-7-8-9-10-11-15-35-29(39)24-21-26(23-13-12-14-25(20-23)30(32,33)34)28(27(31)22-24)40-19-18-38-17-16-36-37-38/h12-14,16-17,20-22H,2-11,15,18-19H2,1H3,(H,35,39). The highest BCUT2D eigenvalue weighted by atomic mass is 79.9. The monoisotopic (exact) mass is 622 g/mol. The lowest BCUT2D eigenvalue weighted by Crippen LogP contribution is -2.24. The van der Waals surface area contributed by atoms with Crippen molar-refractivity contribution in [2.45, 2.75) is 83.9 Å². The van der Waals surface area contributed by atoms with Crippen molar-refractivity contribution in [3.63, 3.8) is 0 Å². The Morgan fingerprint density at radius 2 is 1.70 bits per heavy atom. The maximum absolute atomic E-state index is 13.4. The first-order chi connectivity index (χ1) is 19.3. The number of carbonyl (C=O) groups excluding carboxylic acids is 1. The molecular formula is C30H38BrF3N4O2. The quantitative estimate of drug-likeness (QED) is 0.153. The Hall–Kier alpha value is -2.88. The topological polar surface area (TPSA) is 69.0 Å². The molecule has 2 aromatic carbocycles. The Balaban J connectivity index is 1.63. The number of halogens is 4. The van der Waals surface area contributed by atoms with Crippen LogP contribution in [-0.4, -0.2) is 34.1 Å². The Morgan fingerprint density at radius 3 is 2.35 bits per heavy atom. The van der Waals surface area contributed by atoms with Gasteiger partial charge in [-0.05, 0) is 52.2 Å². The number of unbranched alkanes of at least 4 members (excludes halogenated alkanes) is 9. The van der Waals surface area contributed by atoms with Crippen molar-refractivity contribution < 1.29 is 22.7 Å². The van der Waals surface area contributed by atoms with Gasteiger partial charge in [-0.2, -0.15) is 13.2 Å². The molecule has 1 N–H and O–H groups in total. The molecule has 0 aliphatic carbocycles. The summed E-state index contributed by atoms with van der Waals surface area (Å²) in [6.07, 6.45) is 10.8. The van der Waals surface area contributed by atoms with Gasteiger partial charge in [-0.3, -0.25) is 4.79 Å². The summed E-state index contributed by atoms with van der Waals surface area (Å²) >= 11 is 3.48. The van der Waals surface area contributed by atoms with Crippen LogP contribution < -0.4 is 10.1 Å². The predicted octanol–water partition coefficient (Wildman–Crippen LogP) is 8.46. The molecule has 0 aliphatic rings. The molecule has 40 heavy (non-hydrogen) atoms. The van der Waals surface area contributed by atoms with Gasteiger partial charge in [0.05, 0.1) is 22.8 Å². The summed E-state index contributed by atoms with van der Waals surface area (Å²) in [6, 6.07) is 8.23. The maximum Gasteiger partial charge on any atom is 0.416 e. The average Bonchev–Trinajstić information content (AvgIpc) is 3.45. The van der Waals surface area contributed by atoms with E-state index >= 15 is 0 Å². The fourth-order valence-corrected chi connectivity index (χ4v) is 5.03. The molecule has 1 aromatic heterocycles. The van der Waals surface area contributed by atoms with Gasteiger partial charge in [-0.15, -0.1) is 5.10 Å². The van der Waals surface area contributed by atoms with Crippen LogP contribution in [0, 0.1) is 0 Å². The molecule has 0 fully saturated rings. The molecule has 0 radical (unpaired) electrons. The number of aromatic nitrogens is 3. The van der Waals surface area contributed by atoms with Crippen LogP contribution in [0.1, 0.15) is 87.1 Å². The van der Waals surface area contributed by atoms with Crippen LogP contribution in [0.2, 0.25) is 0 Å². The van der Waals surface area contributed by atoms with Crippen LogP contribution in [0.3, 0.4) is 0 Å². The Morgan fingerprint density at radius 1 is 1.00 bits per heavy atom. The van der Waals surface area contributed by atoms with E-state index in [0.29, 0.717) is 40.0 Å². The van der Waals surface area contributed by atoms with Crippen molar-refractivity contribution in [3.05, 3.63) is 64.4 Å². The second kappa shape index (κ2) is 16.4. The van der Waals surface area contributed by atoms with Crippen LogP contribution in [-0.2, 0) is 12.7 Å². The van der Waals surface area contributed by atoms with Crippen molar-refractivity contribution in [2.75, 3.05) is 13.2 Å². The highest BCUT2D eigenvalue weighted by Crippen LogP contribution is 2.40. The molecule has 0 atom stereocenters. The molecule has 10 heteroatoms. The van der Waals surface area contributed by atoms with Crippen molar-refractivity contribution in [1.29, 1.82) is 0 Å². The highest BCUT2D eigenvalue weighted by molar-refractivity contribution is 9.10. The molecular weight excluding hydrogens is 585 g/mol. The van der Waals surface area contributed by atoms with Crippen molar-refractivity contribution >= 4 is 21.8 Å². The van der Waals surface area contributed by atoms with Gasteiger partial charge < -0.3 is 10.1 Å². The SMILES string of the molecule is CCCCCCCCCCCCNC(=O)c1cc(Br)c(OCCn2ccnn2)c(-c2cccc(C(F)(F)F)c2)c1. The zero-order valence-electron chi connectivity index (χ0n) is 23.0. The molecule has 1 amide bonds. The normalized spacial score (nSPS) is 11.5. The number of alkyl halides is 3. The molecule has 0 unspecified atom stereocenters. The smallest absolute Gasteiger partial charge is 0.416 e. The number of hydrogen-bond donors (Lipinski definition) is 1. The summed E-state index contributed by atoms with van der Waals surface area (Å²) in [7, 11) is 0. The minimum Gasteiger partial charge on any atom is -0.490 e. The van der Waals surface area contributed by atoms with E-state index in [1.165, 1.54) is 51.0 Å². The van der Waals surface area contributed by atoms with E-state index in [1.807, 2.05) is 0 Å². The highest BCUT2D eigenvalue weighted by Gasteiger charge is 2.31. The molecule has 0 saturated carbocycles. The molecule has 0 saturated heterocycles. The zero-order valence-corrected chi connectivity index (χ0v) is 24.6. The summed E-state index contributed by atoms with van der Waals surface area (Å²) in [5.74, 6) is 0.0738. The minimum atomic E-state index is -4.49. The van der Waals surface area contributed by atoms with Crippen molar-refractivity contribution in [2.24, 2.45) is 0 Å². The summed E-state index contributed by atoms with van der Waals surface area (Å²) in [6.45, 7) is 3.37. The predicted molar refractivity (Wildman–Crippen MR) is 154 cm³/mol. The lowest BCUT2D eigenvalue weighted by atomic mass is 9.99. The fourth-order valence-electron chi connectivity index (χ4n) is 4.46. The van der Waals surface area contributed by atoms with Crippen LogP contribution >= 0.6 is 15.9 Å². The number of nitrogens with zero attached hydrogens (tertiary/aromatic N) is 3. The van der Waals surface area contributed by atoms with Gasteiger partial charge in [0, 0.05) is 23.9 Å². The van der Waals surface area contributed by atoms with E-state index in [0.717, 1.165) is 31.4 Å². The van der Waals surface area contributed by atoms with Gasteiger partial charge >= 0.3 is 6.18 Å². The molecule has 1 heterocycles. The third-order valence-electron chi connectivity index (χ3n) is 6.66. The number of amides is 1. The molecule has 0 spiro atoms. The van der Waals surface area contributed by atoms with Crippen LogP contribution in [0.15, 0.2) is 53.3 Å².